The van der Waals surface area contributed by atoms with Gasteiger partial charge in [0.2, 0.25) is 0 Å². The summed E-state index contributed by atoms with van der Waals surface area (Å²) in [6, 6.07) is 1.48. The zero-order valence-electron chi connectivity index (χ0n) is 11.3. The number of aromatic nitrogens is 1. The summed E-state index contributed by atoms with van der Waals surface area (Å²) in [5.74, 6) is -1.23. The summed E-state index contributed by atoms with van der Waals surface area (Å²) < 4.78 is 42.9. The Morgan fingerprint density at radius 2 is 1.85 bits per heavy atom. The molecule has 2 aromatic rings. The van der Waals surface area contributed by atoms with Crippen molar-refractivity contribution in [2.75, 3.05) is 0 Å². The van der Waals surface area contributed by atoms with Crippen molar-refractivity contribution in [3.8, 4) is 5.75 Å². The van der Waals surface area contributed by atoms with Crippen molar-refractivity contribution in [1.82, 2.24) is 4.98 Å². The molecule has 3 nitrogen and oxygen atoms in total. The summed E-state index contributed by atoms with van der Waals surface area (Å²) in [6.45, 7) is 3.83. The number of benzene rings is 1. The molecule has 0 radical (unpaired) electrons. The number of oxazole rings is 1. The lowest BCUT2D eigenvalue weighted by molar-refractivity contribution is -0.156. The molecule has 6 heteroatoms. The van der Waals surface area contributed by atoms with Gasteiger partial charge in [-0.15, -0.1) is 0 Å². The molecule has 0 spiro atoms. The maximum atomic E-state index is 12.7. The number of hydrogen-bond donors (Lipinski definition) is 1. The molecular formula is C14H16F3NO2. The summed E-state index contributed by atoms with van der Waals surface area (Å²) in [5.41, 5.74) is 1.22. The highest BCUT2D eigenvalue weighted by molar-refractivity contribution is 5.81. The topological polar surface area (TPSA) is 46.3 Å². The number of phenols is 1. The van der Waals surface area contributed by atoms with E-state index in [0.717, 1.165) is 6.42 Å². The molecule has 0 bridgehead atoms. The van der Waals surface area contributed by atoms with E-state index in [2.05, 4.69) is 4.98 Å². The fraction of sp³-hybridized carbons (Fsp3) is 0.500. The van der Waals surface area contributed by atoms with Gasteiger partial charge in [-0.05, 0) is 24.5 Å². The van der Waals surface area contributed by atoms with E-state index in [9.17, 15) is 18.3 Å². The van der Waals surface area contributed by atoms with Crippen LogP contribution in [0.1, 0.15) is 43.7 Å². The highest BCUT2D eigenvalue weighted by atomic mass is 19.4. The lowest BCUT2D eigenvalue weighted by atomic mass is 10.0. The number of halogens is 3. The van der Waals surface area contributed by atoms with E-state index in [1.165, 1.54) is 6.07 Å². The van der Waals surface area contributed by atoms with Gasteiger partial charge in [0.15, 0.2) is 5.58 Å². The molecule has 0 unspecified atom stereocenters. The molecule has 2 rings (SSSR count). The van der Waals surface area contributed by atoms with Crippen molar-refractivity contribution < 1.29 is 22.7 Å². The maximum Gasteiger partial charge on any atom is 0.468 e. The van der Waals surface area contributed by atoms with Gasteiger partial charge in [-0.25, -0.2) is 4.98 Å². The van der Waals surface area contributed by atoms with E-state index in [-0.39, 0.29) is 16.8 Å². The number of hydrogen-bond acceptors (Lipinski definition) is 3. The van der Waals surface area contributed by atoms with E-state index in [0.29, 0.717) is 30.4 Å². The van der Waals surface area contributed by atoms with Crippen LogP contribution in [0.5, 0.6) is 5.75 Å². The predicted octanol–water partition coefficient (Wildman–Crippen LogP) is 4.46. The Morgan fingerprint density at radius 3 is 2.40 bits per heavy atom. The van der Waals surface area contributed by atoms with Crippen LogP contribution in [0.25, 0.3) is 11.1 Å². The first-order valence-electron chi connectivity index (χ1n) is 6.59. The summed E-state index contributed by atoms with van der Waals surface area (Å²) >= 11 is 0. The predicted molar refractivity (Wildman–Crippen MR) is 68.7 cm³/mol. The lowest BCUT2D eigenvalue weighted by Gasteiger charge is -2.08. The van der Waals surface area contributed by atoms with Gasteiger partial charge in [0.25, 0.3) is 0 Å². The van der Waals surface area contributed by atoms with Gasteiger partial charge < -0.3 is 9.52 Å². The number of alkyl halides is 3. The number of rotatable bonds is 4. The molecule has 0 aliphatic carbocycles. The van der Waals surface area contributed by atoms with E-state index in [1.54, 1.807) is 0 Å². The fourth-order valence-corrected chi connectivity index (χ4v) is 2.24. The third-order valence-corrected chi connectivity index (χ3v) is 3.09. The van der Waals surface area contributed by atoms with E-state index in [1.807, 2.05) is 13.8 Å². The molecule has 1 N–H and O–H groups in total. The third-order valence-electron chi connectivity index (χ3n) is 3.09. The average Bonchev–Trinajstić information content (AvgIpc) is 2.78. The summed E-state index contributed by atoms with van der Waals surface area (Å²) in [6.07, 6.45) is -2.10. The van der Waals surface area contributed by atoms with Crippen molar-refractivity contribution >= 4 is 11.1 Å². The molecule has 0 saturated heterocycles. The van der Waals surface area contributed by atoms with Gasteiger partial charge in [-0.2, -0.15) is 13.2 Å². The molecule has 0 fully saturated rings. The standard InChI is InChI=1S/C14H16F3NO2/c1-3-5-8-7-10-12(9(6-4-2)11(8)19)20-13(18-10)14(15,16)17/h7,19H,3-6H2,1-2H3. The fourth-order valence-electron chi connectivity index (χ4n) is 2.24. The molecule has 0 aliphatic heterocycles. The number of nitrogens with zero attached hydrogens (tertiary/aromatic N) is 1. The monoisotopic (exact) mass is 287 g/mol. The van der Waals surface area contributed by atoms with Crippen LogP contribution in [-0.2, 0) is 19.0 Å². The summed E-state index contributed by atoms with van der Waals surface area (Å²) in [4.78, 5) is 3.51. The third kappa shape index (κ3) is 2.59. The first-order chi connectivity index (χ1) is 9.38. The Labute approximate surface area is 114 Å². The van der Waals surface area contributed by atoms with Crippen LogP contribution in [0.4, 0.5) is 13.2 Å². The van der Waals surface area contributed by atoms with Gasteiger partial charge in [0, 0.05) is 5.56 Å². The molecule has 20 heavy (non-hydrogen) atoms. The normalized spacial score (nSPS) is 12.2. The smallest absolute Gasteiger partial charge is 0.468 e. The highest BCUT2D eigenvalue weighted by Crippen LogP contribution is 2.37. The molecule has 0 amide bonds. The molecular weight excluding hydrogens is 271 g/mol. The molecule has 0 saturated carbocycles. The Balaban J connectivity index is 2.68. The molecule has 0 aliphatic rings. The second kappa shape index (κ2) is 5.34. The van der Waals surface area contributed by atoms with Crippen LogP contribution in [-0.4, -0.2) is 10.1 Å². The lowest BCUT2D eigenvalue weighted by Crippen LogP contribution is -2.04. The molecule has 110 valence electrons. The van der Waals surface area contributed by atoms with E-state index >= 15 is 0 Å². The number of aryl methyl sites for hydroxylation is 2. The molecule has 0 atom stereocenters. The Kier molecular flexibility index (Phi) is 3.92. The van der Waals surface area contributed by atoms with E-state index < -0.39 is 12.1 Å². The number of aromatic hydroxyl groups is 1. The van der Waals surface area contributed by atoms with Gasteiger partial charge in [0.05, 0.1) is 0 Å². The van der Waals surface area contributed by atoms with Gasteiger partial charge >= 0.3 is 12.1 Å². The molecule has 1 aromatic carbocycles. The zero-order valence-corrected chi connectivity index (χ0v) is 11.3. The van der Waals surface area contributed by atoms with Crippen LogP contribution in [0.15, 0.2) is 10.5 Å². The Bertz CT molecular complexity index is 617. The van der Waals surface area contributed by atoms with Crippen molar-refractivity contribution in [2.24, 2.45) is 0 Å². The zero-order chi connectivity index (χ0) is 14.9. The van der Waals surface area contributed by atoms with Crippen molar-refractivity contribution in [3.05, 3.63) is 23.1 Å². The van der Waals surface area contributed by atoms with Gasteiger partial charge in [-0.1, -0.05) is 26.7 Å². The minimum atomic E-state index is -4.62. The van der Waals surface area contributed by atoms with Crippen LogP contribution in [0, 0.1) is 0 Å². The Hall–Kier alpha value is -1.72. The van der Waals surface area contributed by atoms with Crippen LogP contribution >= 0.6 is 0 Å². The quantitative estimate of drug-likeness (QED) is 0.903. The minimum Gasteiger partial charge on any atom is -0.507 e. The number of fused-ring (bicyclic) bond motifs is 1. The minimum absolute atomic E-state index is 0.0334. The molecule has 1 heterocycles. The van der Waals surface area contributed by atoms with Crippen LogP contribution in [0.3, 0.4) is 0 Å². The second-order valence-electron chi connectivity index (χ2n) is 4.73. The largest absolute Gasteiger partial charge is 0.507 e. The SMILES string of the molecule is CCCc1cc2nc(C(F)(F)F)oc2c(CCC)c1O. The first kappa shape index (κ1) is 14.7. The molecule has 1 aromatic heterocycles. The average molecular weight is 287 g/mol. The van der Waals surface area contributed by atoms with Gasteiger partial charge in [0.1, 0.15) is 11.3 Å². The first-order valence-corrected chi connectivity index (χ1v) is 6.59. The van der Waals surface area contributed by atoms with Crippen LogP contribution in [0.2, 0.25) is 0 Å². The van der Waals surface area contributed by atoms with Crippen molar-refractivity contribution in [1.29, 1.82) is 0 Å². The number of phenolic OH excluding ortho intramolecular Hbond substituents is 1. The maximum absolute atomic E-state index is 12.7. The summed E-state index contributed by atoms with van der Waals surface area (Å²) in [7, 11) is 0. The van der Waals surface area contributed by atoms with Crippen LogP contribution < -0.4 is 0 Å². The Morgan fingerprint density at radius 1 is 1.20 bits per heavy atom. The highest BCUT2D eigenvalue weighted by Gasteiger charge is 2.38. The van der Waals surface area contributed by atoms with Gasteiger partial charge in [-0.3, -0.25) is 0 Å². The van der Waals surface area contributed by atoms with Crippen molar-refractivity contribution in [2.45, 2.75) is 45.7 Å². The summed E-state index contributed by atoms with van der Waals surface area (Å²) in [5, 5.41) is 10.2. The van der Waals surface area contributed by atoms with E-state index in [4.69, 9.17) is 4.42 Å². The van der Waals surface area contributed by atoms with Crippen molar-refractivity contribution in [3.63, 3.8) is 0 Å². The second-order valence-corrected chi connectivity index (χ2v) is 4.73.